The van der Waals surface area contributed by atoms with E-state index in [1.54, 1.807) is 24.3 Å². The number of carbonyl (C=O) groups excluding carboxylic acids is 1. The molecule has 1 nitrogen and oxygen atoms in total. The summed E-state index contributed by atoms with van der Waals surface area (Å²) in [6.45, 7) is 0. The molecule has 0 N–H and O–H groups in total. The Morgan fingerprint density at radius 1 is 0.708 bits per heavy atom. The van der Waals surface area contributed by atoms with Gasteiger partial charge in [-0.25, -0.2) is 8.78 Å². The monoisotopic (exact) mass is 320 g/mol. The Balaban J connectivity index is 1.96. The molecule has 0 aliphatic heterocycles. The summed E-state index contributed by atoms with van der Waals surface area (Å²) in [5.74, 6) is -0.733. The summed E-state index contributed by atoms with van der Waals surface area (Å²) < 4.78 is 26.8. The summed E-state index contributed by atoms with van der Waals surface area (Å²) in [6, 6.07) is 19.5. The number of ketones is 1. The molecule has 0 bridgehead atoms. The summed E-state index contributed by atoms with van der Waals surface area (Å²) in [6.07, 6.45) is 0.485. The lowest BCUT2D eigenvalue weighted by Crippen LogP contribution is -2.34. The van der Waals surface area contributed by atoms with Crippen molar-refractivity contribution < 1.29 is 13.6 Å². The van der Waals surface area contributed by atoms with Crippen molar-refractivity contribution in [1.82, 2.24) is 0 Å². The van der Waals surface area contributed by atoms with Gasteiger partial charge >= 0.3 is 0 Å². The molecule has 0 spiro atoms. The number of fused-ring (bicyclic) bond motifs is 1. The molecule has 0 unspecified atom stereocenters. The van der Waals surface area contributed by atoms with Gasteiger partial charge in [-0.1, -0.05) is 48.5 Å². The standard InChI is InChI=1S/C21H14F2O/c22-17-9-5-15(6-10-17)21(16-7-11-18(23)12-8-16)13-14-3-1-2-4-19(14)20(21)24/h1-12H,13H2. The Kier molecular flexibility index (Phi) is 3.31. The average molecular weight is 320 g/mol. The molecule has 0 heterocycles. The van der Waals surface area contributed by atoms with Gasteiger partial charge < -0.3 is 0 Å². The molecule has 0 saturated heterocycles. The van der Waals surface area contributed by atoms with Crippen LogP contribution in [-0.2, 0) is 11.8 Å². The molecule has 0 saturated carbocycles. The minimum Gasteiger partial charge on any atom is -0.293 e. The summed E-state index contributed by atoms with van der Waals surface area (Å²) in [7, 11) is 0. The Labute approximate surface area is 138 Å². The Bertz CT molecular complexity index is 866. The third-order valence-corrected chi connectivity index (χ3v) is 4.78. The third-order valence-electron chi connectivity index (χ3n) is 4.78. The fourth-order valence-corrected chi connectivity index (χ4v) is 3.59. The molecule has 0 aromatic heterocycles. The van der Waals surface area contributed by atoms with Gasteiger partial charge in [0.05, 0.1) is 5.41 Å². The number of hydrogen-bond donors (Lipinski definition) is 0. The molecule has 4 rings (SSSR count). The highest BCUT2D eigenvalue weighted by Crippen LogP contribution is 2.44. The van der Waals surface area contributed by atoms with E-state index in [0.29, 0.717) is 12.0 Å². The average Bonchev–Trinajstić information content (AvgIpc) is 2.90. The van der Waals surface area contributed by atoms with E-state index in [1.165, 1.54) is 24.3 Å². The van der Waals surface area contributed by atoms with Crippen LogP contribution in [0.15, 0.2) is 72.8 Å². The van der Waals surface area contributed by atoms with Gasteiger partial charge in [0, 0.05) is 5.56 Å². The zero-order valence-corrected chi connectivity index (χ0v) is 12.8. The van der Waals surface area contributed by atoms with E-state index in [1.807, 2.05) is 24.3 Å². The van der Waals surface area contributed by atoms with Crippen LogP contribution in [-0.4, -0.2) is 5.78 Å². The molecule has 0 amide bonds. The fourth-order valence-electron chi connectivity index (χ4n) is 3.59. The number of rotatable bonds is 2. The van der Waals surface area contributed by atoms with Crippen molar-refractivity contribution >= 4 is 5.78 Å². The van der Waals surface area contributed by atoms with Gasteiger partial charge in [0.25, 0.3) is 0 Å². The topological polar surface area (TPSA) is 17.1 Å². The third kappa shape index (κ3) is 2.08. The first-order valence-corrected chi connectivity index (χ1v) is 7.76. The normalized spacial score (nSPS) is 15.3. The lowest BCUT2D eigenvalue weighted by atomic mass is 9.71. The molecule has 1 aliphatic rings. The SMILES string of the molecule is O=C1c2ccccc2CC1(c1ccc(F)cc1)c1ccc(F)cc1. The van der Waals surface area contributed by atoms with Gasteiger partial charge in [-0.05, 0) is 47.4 Å². The molecule has 3 aromatic rings. The van der Waals surface area contributed by atoms with Gasteiger partial charge in [-0.15, -0.1) is 0 Å². The van der Waals surface area contributed by atoms with Gasteiger partial charge in [0.2, 0.25) is 0 Å². The summed E-state index contributed by atoms with van der Waals surface area (Å²) in [5.41, 5.74) is 2.13. The first kappa shape index (κ1) is 14.8. The number of halogens is 2. The molecule has 0 atom stereocenters. The van der Waals surface area contributed by atoms with Crippen LogP contribution in [0.2, 0.25) is 0 Å². The molecule has 1 aliphatic carbocycles. The van der Waals surface area contributed by atoms with Crippen molar-refractivity contribution in [2.24, 2.45) is 0 Å². The van der Waals surface area contributed by atoms with E-state index in [4.69, 9.17) is 0 Å². The minimum atomic E-state index is -0.939. The number of carbonyl (C=O) groups is 1. The Hall–Kier alpha value is -2.81. The van der Waals surface area contributed by atoms with Crippen molar-refractivity contribution in [3.8, 4) is 0 Å². The summed E-state index contributed by atoms with van der Waals surface area (Å²) in [5, 5.41) is 0. The molecule has 24 heavy (non-hydrogen) atoms. The maximum atomic E-state index is 13.4. The number of Topliss-reactive ketones (excluding diaryl/α,β-unsaturated/α-hetero) is 1. The van der Waals surface area contributed by atoms with Crippen LogP contribution < -0.4 is 0 Å². The fraction of sp³-hybridized carbons (Fsp3) is 0.0952. The summed E-state index contributed by atoms with van der Waals surface area (Å²) in [4.78, 5) is 13.3. The molecule has 3 aromatic carbocycles. The van der Waals surface area contributed by atoms with Crippen LogP contribution in [0.5, 0.6) is 0 Å². The van der Waals surface area contributed by atoms with Crippen LogP contribution in [0.25, 0.3) is 0 Å². The number of benzene rings is 3. The van der Waals surface area contributed by atoms with Crippen molar-refractivity contribution in [2.75, 3.05) is 0 Å². The van der Waals surface area contributed by atoms with Gasteiger partial charge in [0.15, 0.2) is 5.78 Å². The molecule has 3 heteroatoms. The van der Waals surface area contributed by atoms with E-state index >= 15 is 0 Å². The van der Waals surface area contributed by atoms with E-state index in [9.17, 15) is 13.6 Å². The molecular formula is C21H14F2O. The zero-order chi connectivity index (χ0) is 16.7. The van der Waals surface area contributed by atoms with Crippen molar-refractivity contribution in [2.45, 2.75) is 11.8 Å². The molecule has 0 radical (unpaired) electrons. The first-order valence-electron chi connectivity index (χ1n) is 7.76. The highest BCUT2D eigenvalue weighted by atomic mass is 19.1. The zero-order valence-electron chi connectivity index (χ0n) is 12.8. The van der Waals surface area contributed by atoms with Gasteiger partial charge in [-0.3, -0.25) is 4.79 Å². The second kappa shape index (κ2) is 5.38. The van der Waals surface area contributed by atoms with Crippen LogP contribution in [0.4, 0.5) is 8.78 Å². The molecular weight excluding hydrogens is 306 g/mol. The number of hydrogen-bond acceptors (Lipinski definition) is 1. The highest BCUT2D eigenvalue weighted by Gasteiger charge is 2.47. The minimum absolute atomic E-state index is 0.0312. The Morgan fingerprint density at radius 2 is 1.21 bits per heavy atom. The first-order chi connectivity index (χ1) is 11.6. The van der Waals surface area contributed by atoms with Gasteiger partial charge in [0.1, 0.15) is 11.6 Å². The van der Waals surface area contributed by atoms with Crippen molar-refractivity contribution in [3.63, 3.8) is 0 Å². The highest BCUT2D eigenvalue weighted by molar-refractivity contribution is 6.10. The predicted molar refractivity (Wildman–Crippen MR) is 88.1 cm³/mol. The smallest absolute Gasteiger partial charge is 0.178 e. The van der Waals surface area contributed by atoms with E-state index in [2.05, 4.69) is 0 Å². The maximum Gasteiger partial charge on any atom is 0.178 e. The van der Waals surface area contributed by atoms with Gasteiger partial charge in [-0.2, -0.15) is 0 Å². The van der Waals surface area contributed by atoms with Crippen molar-refractivity contribution in [1.29, 1.82) is 0 Å². The van der Waals surface area contributed by atoms with Crippen LogP contribution >= 0.6 is 0 Å². The largest absolute Gasteiger partial charge is 0.293 e. The van der Waals surface area contributed by atoms with Crippen LogP contribution in [0, 0.1) is 11.6 Å². The van der Waals surface area contributed by atoms with E-state index in [0.717, 1.165) is 16.7 Å². The maximum absolute atomic E-state index is 13.4. The second-order valence-electron chi connectivity index (χ2n) is 6.08. The lowest BCUT2D eigenvalue weighted by molar-refractivity contribution is 0.0929. The van der Waals surface area contributed by atoms with E-state index in [-0.39, 0.29) is 17.4 Å². The lowest BCUT2D eigenvalue weighted by Gasteiger charge is -2.29. The van der Waals surface area contributed by atoms with Crippen molar-refractivity contribution in [3.05, 3.63) is 107 Å². The van der Waals surface area contributed by atoms with Crippen LogP contribution in [0.3, 0.4) is 0 Å². The Morgan fingerprint density at radius 3 is 1.71 bits per heavy atom. The van der Waals surface area contributed by atoms with E-state index < -0.39 is 5.41 Å². The quantitative estimate of drug-likeness (QED) is 0.669. The van der Waals surface area contributed by atoms with Crippen LogP contribution in [0.1, 0.15) is 27.0 Å². The molecule has 0 fully saturated rings. The predicted octanol–water partition coefficient (Wildman–Crippen LogP) is 4.69. The molecule has 118 valence electrons. The summed E-state index contributed by atoms with van der Waals surface area (Å²) >= 11 is 0. The second-order valence-corrected chi connectivity index (χ2v) is 6.08.